The van der Waals surface area contributed by atoms with E-state index in [9.17, 15) is 13.2 Å². The molecule has 0 bridgehead atoms. The molecule has 0 aliphatic carbocycles. The Morgan fingerprint density at radius 2 is 1.84 bits per heavy atom. The van der Waals surface area contributed by atoms with Crippen molar-refractivity contribution < 1.29 is 17.9 Å². The number of aryl methyl sites for hydroxylation is 1. The zero-order valence-electron chi connectivity index (χ0n) is 15.1. The molecule has 2 rings (SSSR count). The van der Waals surface area contributed by atoms with Gasteiger partial charge in [-0.3, -0.25) is 4.79 Å². The number of nitrogens with one attached hydrogen (secondary N) is 1. The molecule has 25 heavy (non-hydrogen) atoms. The standard InChI is InChI=1S/C17H27N3O4S/c1-14(2)18-25(22,23)20-12-10-19(11-13-20)17(21)9-8-15-6-4-5-7-16(15)24-3/h4-7,14,18H,8-13H2,1-3H3. The Hall–Kier alpha value is -1.64. The summed E-state index contributed by atoms with van der Waals surface area (Å²) in [6, 6.07) is 7.51. The van der Waals surface area contributed by atoms with Crippen LogP contribution in [0.15, 0.2) is 24.3 Å². The molecule has 1 aliphatic heterocycles. The number of hydrogen-bond donors (Lipinski definition) is 1. The van der Waals surface area contributed by atoms with E-state index in [1.54, 1.807) is 25.9 Å². The second-order valence-electron chi connectivity index (χ2n) is 6.37. The van der Waals surface area contributed by atoms with Gasteiger partial charge in [-0.05, 0) is 31.9 Å². The summed E-state index contributed by atoms with van der Waals surface area (Å²) < 4.78 is 33.6. The van der Waals surface area contributed by atoms with E-state index in [0.717, 1.165) is 11.3 Å². The minimum absolute atomic E-state index is 0.0415. The average Bonchev–Trinajstić information content (AvgIpc) is 2.59. The highest BCUT2D eigenvalue weighted by molar-refractivity contribution is 7.87. The highest BCUT2D eigenvalue weighted by atomic mass is 32.2. The summed E-state index contributed by atoms with van der Waals surface area (Å²) in [4.78, 5) is 14.1. The van der Waals surface area contributed by atoms with Crippen LogP contribution in [0.1, 0.15) is 25.8 Å². The summed E-state index contributed by atoms with van der Waals surface area (Å²) >= 11 is 0. The van der Waals surface area contributed by atoms with Crippen molar-refractivity contribution >= 4 is 16.1 Å². The van der Waals surface area contributed by atoms with E-state index in [1.807, 2.05) is 24.3 Å². The number of carbonyl (C=O) groups is 1. The molecular weight excluding hydrogens is 342 g/mol. The van der Waals surface area contributed by atoms with Gasteiger partial charge >= 0.3 is 0 Å². The SMILES string of the molecule is COc1ccccc1CCC(=O)N1CCN(S(=O)(=O)NC(C)C)CC1. The fourth-order valence-corrected chi connectivity index (χ4v) is 4.25. The topological polar surface area (TPSA) is 79.0 Å². The van der Waals surface area contributed by atoms with Gasteiger partial charge in [0.15, 0.2) is 0 Å². The van der Waals surface area contributed by atoms with Crippen LogP contribution in [0.5, 0.6) is 5.75 Å². The highest BCUT2D eigenvalue weighted by Crippen LogP contribution is 2.19. The number of benzene rings is 1. The first-order chi connectivity index (χ1) is 11.8. The number of nitrogens with zero attached hydrogens (tertiary/aromatic N) is 2. The summed E-state index contributed by atoms with van der Waals surface area (Å²) in [5.74, 6) is 0.825. The van der Waals surface area contributed by atoms with Crippen LogP contribution in [0, 0.1) is 0 Å². The molecule has 1 aliphatic rings. The third kappa shape index (κ3) is 5.42. The Morgan fingerprint density at radius 1 is 1.20 bits per heavy atom. The molecule has 0 atom stereocenters. The van der Waals surface area contributed by atoms with Gasteiger partial charge in [-0.1, -0.05) is 18.2 Å². The first-order valence-electron chi connectivity index (χ1n) is 8.50. The molecule has 1 saturated heterocycles. The second-order valence-corrected chi connectivity index (χ2v) is 8.07. The van der Waals surface area contributed by atoms with Crippen molar-refractivity contribution in [3.05, 3.63) is 29.8 Å². The van der Waals surface area contributed by atoms with Gasteiger partial charge in [0.25, 0.3) is 10.2 Å². The van der Waals surface area contributed by atoms with Crippen LogP contribution in [0.25, 0.3) is 0 Å². The molecule has 1 aromatic rings. The number of carbonyl (C=O) groups excluding carboxylic acids is 1. The van der Waals surface area contributed by atoms with Crippen LogP contribution in [0.3, 0.4) is 0 Å². The normalized spacial score (nSPS) is 16.2. The molecule has 8 heteroatoms. The van der Waals surface area contributed by atoms with Crippen molar-refractivity contribution in [2.24, 2.45) is 0 Å². The number of para-hydroxylation sites is 1. The van der Waals surface area contributed by atoms with Crippen LogP contribution in [0.4, 0.5) is 0 Å². The molecule has 1 heterocycles. The van der Waals surface area contributed by atoms with Gasteiger partial charge in [-0.15, -0.1) is 0 Å². The molecule has 0 saturated carbocycles. The molecular formula is C17H27N3O4S. The number of amides is 1. The lowest BCUT2D eigenvalue weighted by atomic mass is 10.1. The number of piperazine rings is 1. The van der Waals surface area contributed by atoms with Crippen LogP contribution < -0.4 is 9.46 Å². The maximum Gasteiger partial charge on any atom is 0.279 e. The van der Waals surface area contributed by atoms with Crippen molar-refractivity contribution in [3.8, 4) is 5.75 Å². The number of ether oxygens (including phenoxy) is 1. The van der Waals surface area contributed by atoms with E-state index in [1.165, 1.54) is 4.31 Å². The fraction of sp³-hybridized carbons (Fsp3) is 0.588. The fourth-order valence-electron chi connectivity index (χ4n) is 2.86. The predicted octanol–water partition coefficient (Wildman–Crippen LogP) is 1.01. The van der Waals surface area contributed by atoms with Crippen molar-refractivity contribution in [2.75, 3.05) is 33.3 Å². The smallest absolute Gasteiger partial charge is 0.279 e. The lowest BCUT2D eigenvalue weighted by molar-refractivity contribution is -0.132. The Labute approximate surface area is 150 Å². The summed E-state index contributed by atoms with van der Waals surface area (Å²) in [6.07, 6.45) is 0.994. The molecule has 0 spiro atoms. The first kappa shape index (κ1) is 19.7. The quantitative estimate of drug-likeness (QED) is 0.778. The predicted molar refractivity (Wildman–Crippen MR) is 96.7 cm³/mol. The van der Waals surface area contributed by atoms with Gasteiger partial charge in [0, 0.05) is 38.6 Å². The molecule has 7 nitrogen and oxygen atoms in total. The van der Waals surface area contributed by atoms with Crippen LogP contribution in [-0.2, 0) is 21.4 Å². The van der Waals surface area contributed by atoms with E-state index >= 15 is 0 Å². The summed E-state index contributed by atoms with van der Waals surface area (Å²) in [6.45, 7) is 5.06. The lowest BCUT2D eigenvalue weighted by Gasteiger charge is -2.34. The highest BCUT2D eigenvalue weighted by Gasteiger charge is 2.28. The van der Waals surface area contributed by atoms with Crippen molar-refractivity contribution in [2.45, 2.75) is 32.7 Å². The van der Waals surface area contributed by atoms with Gasteiger partial charge in [-0.2, -0.15) is 17.4 Å². The van der Waals surface area contributed by atoms with Gasteiger partial charge in [-0.25, -0.2) is 0 Å². The van der Waals surface area contributed by atoms with Crippen molar-refractivity contribution in [1.29, 1.82) is 0 Å². The van der Waals surface area contributed by atoms with Crippen LogP contribution >= 0.6 is 0 Å². The molecule has 1 fully saturated rings. The molecule has 1 aromatic carbocycles. The molecule has 0 unspecified atom stereocenters. The number of methoxy groups -OCH3 is 1. The maximum absolute atomic E-state index is 12.4. The monoisotopic (exact) mass is 369 g/mol. The zero-order chi connectivity index (χ0) is 18.4. The third-order valence-electron chi connectivity index (χ3n) is 4.12. The molecule has 140 valence electrons. The van der Waals surface area contributed by atoms with E-state index in [-0.39, 0.29) is 11.9 Å². The van der Waals surface area contributed by atoms with Crippen LogP contribution in [-0.4, -0.2) is 62.9 Å². The minimum atomic E-state index is -3.47. The Morgan fingerprint density at radius 3 is 2.44 bits per heavy atom. The largest absolute Gasteiger partial charge is 0.496 e. The summed E-state index contributed by atoms with van der Waals surface area (Å²) in [5, 5.41) is 0. The second kappa shape index (κ2) is 8.64. The number of rotatable bonds is 7. The van der Waals surface area contributed by atoms with Crippen molar-refractivity contribution in [1.82, 2.24) is 13.9 Å². The first-order valence-corrected chi connectivity index (χ1v) is 9.94. The minimum Gasteiger partial charge on any atom is -0.496 e. The Bertz CT molecular complexity index is 683. The Kier molecular flexibility index (Phi) is 6.80. The molecule has 1 amide bonds. The average molecular weight is 369 g/mol. The molecule has 1 N–H and O–H groups in total. The lowest BCUT2D eigenvalue weighted by Crippen LogP contribution is -2.54. The van der Waals surface area contributed by atoms with Gasteiger partial charge in [0.05, 0.1) is 7.11 Å². The van der Waals surface area contributed by atoms with Gasteiger partial charge in [0.1, 0.15) is 5.75 Å². The van der Waals surface area contributed by atoms with E-state index in [0.29, 0.717) is 39.0 Å². The molecule has 0 radical (unpaired) electrons. The Balaban J connectivity index is 1.85. The van der Waals surface area contributed by atoms with E-state index in [4.69, 9.17) is 4.74 Å². The van der Waals surface area contributed by atoms with E-state index < -0.39 is 10.2 Å². The van der Waals surface area contributed by atoms with E-state index in [2.05, 4.69) is 4.72 Å². The molecule has 0 aromatic heterocycles. The number of hydrogen-bond acceptors (Lipinski definition) is 4. The van der Waals surface area contributed by atoms with Crippen molar-refractivity contribution in [3.63, 3.8) is 0 Å². The third-order valence-corrected chi connectivity index (χ3v) is 5.93. The summed E-state index contributed by atoms with van der Waals surface area (Å²) in [7, 11) is -1.85. The summed E-state index contributed by atoms with van der Waals surface area (Å²) in [5.41, 5.74) is 1.00. The van der Waals surface area contributed by atoms with Gasteiger partial charge in [0.2, 0.25) is 5.91 Å². The van der Waals surface area contributed by atoms with Crippen LogP contribution in [0.2, 0.25) is 0 Å². The zero-order valence-corrected chi connectivity index (χ0v) is 15.9. The van der Waals surface area contributed by atoms with Gasteiger partial charge < -0.3 is 9.64 Å². The maximum atomic E-state index is 12.4.